The number of carbonyl (C=O) groups excluding carboxylic acids is 1. The van der Waals surface area contributed by atoms with Crippen molar-refractivity contribution in [1.29, 1.82) is 0 Å². The highest BCUT2D eigenvalue weighted by Gasteiger charge is 2.30. The molecule has 0 aliphatic heterocycles. The molecule has 1 aliphatic rings. The lowest BCUT2D eigenvalue weighted by molar-refractivity contribution is 0.0780. The van der Waals surface area contributed by atoms with E-state index < -0.39 is 0 Å². The van der Waals surface area contributed by atoms with Crippen LogP contribution in [0.2, 0.25) is 0 Å². The molecule has 146 valence electrons. The molecule has 2 atom stereocenters. The Kier molecular flexibility index (Phi) is 8.75. The van der Waals surface area contributed by atoms with Gasteiger partial charge in [0.2, 0.25) is 0 Å². The van der Waals surface area contributed by atoms with Crippen LogP contribution in [0.15, 0.2) is 24.3 Å². The Labute approximate surface area is 158 Å². The van der Waals surface area contributed by atoms with E-state index in [1.54, 1.807) is 0 Å². The Morgan fingerprint density at radius 3 is 2.77 bits per heavy atom. The number of anilines is 1. The summed E-state index contributed by atoms with van der Waals surface area (Å²) < 4.78 is 11.6. The molecule has 2 unspecified atom stereocenters. The minimum Gasteiger partial charge on any atom is -0.491 e. The van der Waals surface area contributed by atoms with E-state index in [-0.39, 0.29) is 12.2 Å². The number of hydrogen-bond acceptors (Lipinski definition) is 4. The molecule has 1 saturated carbocycles. The molecule has 0 radical (unpaired) electrons. The first-order chi connectivity index (χ1) is 12.6. The van der Waals surface area contributed by atoms with E-state index in [4.69, 9.17) is 9.47 Å². The largest absolute Gasteiger partial charge is 0.491 e. The first-order valence-corrected chi connectivity index (χ1v) is 9.94. The molecule has 0 spiro atoms. The first kappa shape index (κ1) is 20.6. The van der Waals surface area contributed by atoms with E-state index in [1.807, 2.05) is 24.3 Å². The number of carbonyl (C=O) groups is 1. The Morgan fingerprint density at radius 2 is 2.00 bits per heavy atom. The highest BCUT2D eigenvalue weighted by molar-refractivity contribution is 5.86. The number of nitrogens with zero attached hydrogens (tertiary/aromatic N) is 1. The number of rotatable bonds is 10. The Morgan fingerprint density at radius 1 is 1.19 bits per heavy atom. The average molecular weight is 363 g/mol. The monoisotopic (exact) mass is 362 g/mol. The number of nitrogens with one attached hydrogen (secondary N) is 1. The zero-order valence-electron chi connectivity index (χ0n) is 16.5. The lowest BCUT2D eigenvalue weighted by Gasteiger charge is -2.23. The van der Waals surface area contributed by atoms with E-state index in [2.05, 4.69) is 31.2 Å². The highest BCUT2D eigenvalue weighted by Crippen LogP contribution is 2.30. The topological polar surface area (TPSA) is 50.8 Å². The van der Waals surface area contributed by atoms with Crippen molar-refractivity contribution < 1.29 is 14.3 Å². The van der Waals surface area contributed by atoms with Gasteiger partial charge in [0.05, 0.1) is 12.3 Å². The second kappa shape index (κ2) is 11.1. The lowest BCUT2D eigenvalue weighted by Crippen LogP contribution is -2.31. The molecule has 1 aromatic carbocycles. The van der Waals surface area contributed by atoms with Crippen LogP contribution in [0.25, 0.3) is 0 Å². The Hall–Kier alpha value is -1.75. The molecule has 0 bridgehead atoms. The van der Waals surface area contributed by atoms with Crippen LogP contribution < -0.4 is 10.1 Å². The maximum Gasteiger partial charge on any atom is 0.412 e. The summed E-state index contributed by atoms with van der Waals surface area (Å²) in [6.07, 6.45) is 7.43. The molecule has 1 aliphatic carbocycles. The van der Waals surface area contributed by atoms with E-state index in [0.29, 0.717) is 24.0 Å². The molecule has 2 rings (SSSR count). The van der Waals surface area contributed by atoms with E-state index in [0.717, 1.165) is 32.2 Å². The fourth-order valence-corrected chi connectivity index (χ4v) is 3.52. The fraction of sp³-hybridized carbons (Fsp3) is 0.667. The molecule has 1 N–H and O–H groups in total. The van der Waals surface area contributed by atoms with Gasteiger partial charge >= 0.3 is 6.09 Å². The quantitative estimate of drug-likeness (QED) is 0.600. The SMILES string of the molecule is CCCCCCOc1ccccc1NC(=O)OC1CCCC1CN(C)C. The minimum absolute atomic E-state index is 0.000440. The van der Waals surface area contributed by atoms with Gasteiger partial charge in [-0.2, -0.15) is 0 Å². The van der Waals surface area contributed by atoms with Crippen LogP contribution in [-0.4, -0.2) is 44.3 Å². The van der Waals surface area contributed by atoms with Gasteiger partial charge in [-0.1, -0.05) is 38.3 Å². The van der Waals surface area contributed by atoms with Crippen molar-refractivity contribution >= 4 is 11.8 Å². The van der Waals surface area contributed by atoms with Crippen LogP contribution >= 0.6 is 0 Å². The van der Waals surface area contributed by atoms with Crippen molar-refractivity contribution in [1.82, 2.24) is 4.90 Å². The number of amides is 1. The molecular formula is C21H34N2O3. The van der Waals surface area contributed by atoms with E-state index >= 15 is 0 Å². The fourth-order valence-electron chi connectivity index (χ4n) is 3.52. The second-order valence-electron chi connectivity index (χ2n) is 7.43. The van der Waals surface area contributed by atoms with E-state index in [9.17, 15) is 4.79 Å². The third-order valence-corrected chi connectivity index (χ3v) is 4.83. The van der Waals surface area contributed by atoms with Gasteiger partial charge in [0, 0.05) is 12.5 Å². The molecule has 1 aromatic rings. The predicted octanol–water partition coefficient (Wildman–Crippen LogP) is 4.92. The van der Waals surface area contributed by atoms with Crippen LogP contribution in [0.1, 0.15) is 51.9 Å². The molecule has 0 saturated heterocycles. The van der Waals surface area contributed by atoms with Gasteiger partial charge in [-0.25, -0.2) is 4.79 Å². The highest BCUT2D eigenvalue weighted by atomic mass is 16.6. The number of hydrogen-bond donors (Lipinski definition) is 1. The van der Waals surface area contributed by atoms with Gasteiger partial charge in [0.1, 0.15) is 11.9 Å². The summed E-state index contributed by atoms with van der Waals surface area (Å²) in [6.45, 7) is 3.82. The van der Waals surface area contributed by atoms with Crippen molar-refractivity contribution in [3.8, 4) is 5.75 Å². The number of benzene rings is 1. The van der Waals surface area contributed by atoms with Crippen molar-refractivity contribution in [3.63, 3.8) is 0 Å². The minimum atomic E-state index is -0.386. The summed E-state index contributed by atoms with van der Waals surface area (Å²) >= 11 is 0. The maximum atomic E-state index is 12.4. The number of ether oxygens (including phenoxy) is 2. The molecule has 0 heterocycles. The summed E-state index contributed by atoms with van der Waals surface area (Å²) in [6, 6.07) is 7.56. The molecule has 5 heteroatoms. The van der Waals surface area contributed by atoms with Crippen molar-refractivity contribution in [2.24, 2.45) is 5.92 Å². The third kappa shape index (κ3) is 6.87. The standard InChI is InChI=1S/C21H34N2O3/c1-4-5-6-9-15-25-20-13-8-7-12-18(20)22-21(24)26-19-14-10-11-17(19)16-23(2)3/h7-8,12-13,17,19H,4-6,9-11,14-16H2,1-3H3,(H,22,24). The average Bonchev–Trinajstić information content (AvgIpc) is 3.02. The molecule has 0 aromatic heterocycles. The summed E-state index contributed by atoms with van der Waals surface area (Å²) in [5, 5.41) is 2.86. The molecule has 1 fully saturated rings. The molecular weight excluding hydrogens is 328 g/mol. The summed E-state index contributed by atoms with van der Waals surface area (Å²) in [5.41, 5.74) is 0.676. The van der Waals surface area contributed by atoms with Gasteiger partial charge in [-0.05, 0) is 51.9 Å². The van der Waals surface area contributed by atoms with Gasteiger partial charge in [-0.3, -0.25) is 5.32 Å². The maximum absolute atomic E-state index is 12.4. The molecule has 1 amide bonds. The normalized spacial score (nSPS) is 19.5. The van der Waals surface area contributed by atoms with Gasteiger partial charge in [0.25, 0.3) is 0 Å². The van der Waals surface area contributed by atoms with Crippen LogP contribution in [0.4, 0.5) is 10.5 Å². The van der Waals surface area contributed by atoms with Crippen LogP contribution in [0.5, 0.6) is 5.75 Å². The van der Waals surface area contributed by atoms with Gasteiger partial charge < -0.3 is 14.4 Å². The first-order valence-electron chi connectivity index (χ1n) is 9.94. The number of para-hydroxylation sites is 2. The van der Waals surface area contributed by atoms with E-state index in [1.165, 1.54) is 19.3 Å². The van der Waals surface area contributed by atoms with Crippen molar-refractivity contribution in [3.05, 3.63) is 24.3 Å². The zero-order chi connectivity index (χ0) is 18.8. The van der Waals surface area contributed by atoms with Crippen LogP contribution in [0.3, 0.4) is 0 Å². The van der Waals surface area contributed by atoms with Crippen molar-refractivity contribution in [2.75, 3.05) is 32.6 Å². The Bertz CT molecular complexity index is 548. The predicted molar refractivity (Wildman–Crippen MR) is 106 cm³/mol. The Balaban J connectivity index is 1.84. The molecule has 26 heavy (non-hydrogen) atoms. The number of unbranched alkanes of at least 4 members (excludes halogenated alkanes) is 3. The molecule has 5 nitrogen and oxygen atoms in total. The zero-order valence-corrected chi connectivity index (χ0v) is 16.5. The third-order valence-electron chi connectivity index (χ3n) is 4.83. The second-order valence-corrected chi connectivity index (χ2v) is 7.43. The van der Waals surface area contributed by atoms with Crippen LogP contribution in [0, 0.1) is 5.92 Å². The summed E-state index contributed by atoms with van der Waals surface area (Å²) in [5.74, 6) is 1.12. The van der Waals surface area contributed by atoms with Gasteiger partial charge in [0.15, 0.2) is 0 Å². The van der Waals surface area contributed by atoms with Crippen molar-refractivity contribution in [2.45, 2.75) is 58.0 Å². The van der Waals surface area contributed by atoms with Crippen LogP contribution in [-0.2, 0) is 4.74 Å². The summed E-state index contributed by atoms with van der Waals surface area (Å²) in [4.78, 5) is 14.5. The van der Waals surface area contributed by atoms with Gasteiger partial charge in [-0.15, -0.1) is 0 Å². The lowest BCUT2D eigenvalue weighted by atomic mass is 10.1. The summed E-state index contributed by atoms with van der Waals surface area (Å²) in [7, 11) is 4.12. The smallest absolute Gasteiger partial charge is 0.412 e.